The molecule has 2 fully saturated rings. The van der Waals surface area contributed by atoms with E-state index in [0.29, 0.717) is 38.4 Å². The SMILES string of the molecule is CC(C)(C)N1CCNC(C(=O)N2CCN(C(=O)Nc3ccc(Cl)c(F)c3)CC2)C1. The lowest BCUT2D eigenvalue weighted by Crippen LogP contribution is -2.63. The molecule has 7 nitrogen and oxygen atoms in total. The van der Waals surface area contributed by atoms with Gasteiger partial charge in [0.25, 0.3) is 0 Å². The average Bonchev–Trinajstić information content (AvgIpc) is 2.70. The summed E-state index contributed by atoms with van der Waals surface area (Å²) in [5.74, 6) is -0.497. The second kappa shape index (κ2) is 8.85. The molecule has 1 aromatic carbocycles. The molecule has 1 unspecified atom stereocenters. The Morgan fingerprint density at radius 2 is 1.79 bits per heavy atom. The Bertz CT molecular complexity index is 762. The van der Waals surface area contributed by atoms with Gasteiger partial charge in [0, 0.05) is 57.0 Å². The molecular weight excluding hydrogens is 397 g/mol. The van der Waals surface area contributed by atoms with Crippen molar-refractivity contribution >= 4 is 29.2 Å². The predicted octanol–water partition coefficient (Wildman–Crippen LogP) is 2.23. The van der Waals surface area contributed by atoms with Gasteiger partial charge in [0.2, 0.25) is 5.91 Å². The van der Waals surface area contributed by atoms with Crippen molar-refractivity contribution in [2.24, 2.45) is 0 Å². The zero-order valence-electron chi connectivity index (χ0n) is 17.2. The number of anilines is 1. The molecule has 2 aliphatic heterocycles. The van der Waals surface area contributed by atoms with Crippen LogP contribution in [-0.2, 0) is 4.79 Å². The molecule has 2 N–H and O–H groups in total. The lowest BCUT2D eigenvalue weighted by atomic mass is 10.0. The maximum atomic E-state index is 13.5. The Labute approximate surface area is 176 Å². The first-order chi connectivity index (χ1) is 13.6. The second-order valence-electron chi connectivity index (χ2n) is 8.49. The van der Waals surface area contributed by atoms with Gasteiger partial charge in [0.15, 0.2) is 0 Å². The number of carbonyl (C=O) groups is 2. The minimum Gasteiger partial charge on any atom is -0.338 e. The van der Waals surface area contributed by atoms with Crippen LogP contribution in [0.4, 0.5) is 14.9 Å². The number of hydrogen-bond acceptors (Lipinski definition) is 4. The van der Waals surface area contributed by atoms with Crippen molar-refractivity contribution in [2.75, 3.05) is 51.1 Å². The number of piperazine rings is 2. The van der Waals surface area contributed by atoms with Gasteiger partial charge in [0.05, 0.1) is 11.1 Å². The lowest BCUT2D eigenvalue weighted by Gasteiger charge is -2.43. The van der Waals surface area contributed by atoms with Crippen LogP contribution < -0.4 is 10.6 Å². The zero-order chi connectivity index (χ0) is 21.2. The number of benzene rings is 1. The number of hydrogen-bond donors (Lipinski definition) is 2. The van der Waals surface area contributed by atoms with Crippen molar-refractivity contribution in [3.05, 3.63) is 29.0 Å². The van der Waals surface area contributed by atoms with E-state index < -0.39 is 5.82 Å². The first-order valence-electron chi connectivity index (χ1n) is 9.93. The normalized spacial score (nSPS) is 21.2. The summed E-state index contributed by atoms with van der Waals surface area (Å²) in [7, 11) is 0. The molecule has 0 saturated carbocycles. The molecule has 3 amide bonds. The molecule has 2 aliphatic rings. The number of urea groups is 1. The summed E-state index contributed by atoms with van der Waals surface area (Å²) in [6, 6.07) is 3.62. The number of amides is 3. The first kappa shape index (κ1) is 21.8. The fourth-order valence-electron chi connectivity index (χ4n) is 3.65. The molecule has 9 heteroatoms. The predicted molar refractivity (Wildman–Crippen MR) is 112 cm³/mol. The Kier molecular flexibility index (Phi) is 6.65. The number of nitrogens with zero attached hydrogens (tertiary/aromatic N) is 3. The van der Waals surface area contributed by atoms with Crippen molar-refractivity contribution in [2.45, 2.75) is 32.4 Å². The summed E-state index contributed by atoms with van der Waals surface area (Å²) in [4.78, 5) is 31.1. The second-order valence-corrected chi connectivity index (χ2v) is 8.90. The molecule has 2 saturated heterocycles. The van der Waals surface area contributed by atoms with E-state index in [0.717, 1.165) is 13.1 Å². The molecule has 0 bridgehead atoms. The minimum absolute atomic E-state index is 0.0106. The van der Waals surface area contributed by atoms with Crippen molar-refractivity contribution in [1.29, 1.82) is 0 Å². The van der Waals surface area contributed by atoms with E-state index in [1.165, 1.54) is 12.1 Å². The van der Waals surface area contributed by atoms with E-state index >= 15 is 0 Å². The van der Waals surface area contributed by atoms with Gasteiger partial charge in [-0.1, -0.05) is 11.6 Å². The summed E-state index contributed by atoms with van der Waals surface area (Å²) in [6.45, 7) is 10.7. The highest BCUT2D eigenvalue weighted by Crippen LogP contribution is 2.20. The Hall–Kier alpha value is -1.90. The number of carbonyl (C=O) groups excluding carboxylic acids is 2. The molecule has 3 rings (SSSR count). The van der Waals surface area contributed by atoms with Crippen LogP contribution in [0.3, 0.4) is 0 Å². The molecule has 2 heterocycles. The minimum atomic E-state index is -0.579. The fraction of sp³-hybridized carbons (Fsp3) is 0.600. The van der Waals surface area contributed by atoms with Gasteiger partial charge in [-0.2, -0.15) is 0 Å². The van der Waals surface area contributed by atoms with E-state index in [4.69, 9.17) is 11.6 Å². The van der Waals surface area contributed by atoms with Crippen LogP contribution in [0.2, 0.25) is 5.02 Å². The molecular formula is C20H29ClFN5O2. The van der Waals surface area contributed by atoms with Crippen LogP contribution in [0.15, 0.2) is 18.2 Å². The molecule has 1 aromatic rings. The summed E-state index contributed by atoms with van der Waals surface area (Å²) in [5, 5.41) is 6.01. The summed E-state index contributed by atoms with van der Waals surface area (Å²) in [6.07, 6.45) is 0. The molecule has 160 valence electrons. The Morgan fingerprint density at radius 1 is 1.14 bits per heavy atom. The van der Waals surface area contributed by atoms with E-state index in [1.807, 2.05) is 4.90 Å². The van der Waals surface area contributed by atoms with Crippen molar-refractivity contribution in [3.63, 3.8) is 0 Å². The van der Waals surface area contributed by atoms with Gasteiger partial charge >= 0.3 is 6.03 Å². The van der Waals surface area contributed by atoms with Gasteiger partial charge in [-0.05, 0) is 39.0 Å². The number of halogens is 2. The number of nitrogens with one attached hydrogen (secondary N) is 2. The third-order valence-electron chi connectivity index (χ3n) is 5.47. The lowest BCUT2D eigenvalue weighted by molar-refractivity contribution is -0.136. The van der Waals surface area contributed by atoms with Crippen molar-refractivity contribution in [1.82, 2.24) is 20.0 Å². The molecule has 1 atom stereocenters. The third-order valence-corrected chi connectivity index (χ3v) is 5.78. The van der Waals surface area contributed by atoms with Gasteiger partial charge in [0.1, 0.15) is 5.82 Å². The highest BCUT2D eigenvalue weighted by molar-refractivity contribution is 6.30. The van der Waals surface area contributed by atoms with Gasteiger partial charge in [-0.25, -0.2) is 9.18 Å². The maximum Gasteiger partial charge on any atom is 0.321 e. The average molecular weight is 426 g/mol. The van der Waals surface area contributed by atoms with Crippen LogP contribution >= 0.6 is 11.6 Å². The summed E-state index contributed by atoms with van der Waals surface area (Å²) < 4.78 is 13.5. The number of rotatable bonds is 2. The standard InChI is InChI=1S/C20H29ClFN5O2/c1-20(2,3)27-7-6-23-17(13-27)18(28)25-8-10-26(11-9-25)19(29)24-14-4-5-15(21)16(22)12-14/h4-5,12,17,23H,6-11,13H2,1-3H3,(H,24,29). The van der Waals surface area contributed by atoms with Crippen molar-refractivity contribution < 1.29 is 14.0 Å². The fourth-order valence-corrected chi connectivity index (χ4v) is 3.77. The molecule has 0 radical (unpaired) electrons. The molecule has 0 aromatic heterocycles. The third kappa shape index (κ3) is 5.38. The van der Waals surface area contributed by atoms with Crippen LogP contribution in [0.5, 0.6) is 0 Å². The zero-order valence-corrected chi connectivity index (χ0v) is 17.9. The largest absolute Gasteiger partial charge is 0.338 e. The van der Waals surface area contributed by atoms with Crippen LogP contribution in [0, 0.1) is 5.82 Å². The van der Waals surface area contributed by atoms with E-state index in [1.54, 1.807) is 11.0 Å². The Morgan fingerprint density at radius 3 is 2.41 bits per heavy atom. The quantitative estimate of drug-likeness (QED) is 0.762. The van der Waals surface area contributed by atoms with E-state index in [9.17, 15) is 14.0 Å². The molecule has 29 heavy (non-hydrogen) atoms. The van der Waals surface area contributed by atoms with Crippen LogP contribution in [-0.4, -0.2) is 84.0 Å². The maximum absolute atomic E-state index is 13.5. The Balaban J connectivity index is 1.51. The van der Waals surface area contributed by atoms with Crippen LogP contribution in [0.25, 0.3) is 0 Å². The highest BCUT2D eigenvalue weighted by Gasteiger charge is 2.34. The summed E-state index contributed by atoms with van der Waals surface area (Å²) >= 11 is 5.67. The topological polar surface area (TPSA) is 67.9 Å². The molecule has 0 aliphatic carbocycles. The summed E-state index contributed by atoms with van der Waals surface area (Å²) in [5.41, 5.74) is 0.377. The van der Waals surface area contributed by atoms with Crippen LogP contribution in [0.1, 0.15) is 20.8 Å². The van der Waals surface area contributed by atoms with E-state index in [2.05, 4.69) is 36.3 Å². The van der Waals surface area contributed by atoms with Gasteiger partial charge in [-0.3, -0.25) is 9.69 Å². The van der Waals surface area contributed by atoms with E-state index in [-0.39, 0.29) is 28.5 Å². The smallest absolute Gasteiger partial charge is 0.321 e. The highest BCUT2D eigenvalue weighted by atomic mass is 35.5. The van der Waals surface area contributed by atoms with Gasteiger partial charge in [-0.15, -0.1) is 0 Å². The first-order valence-corrected chi connectivity index (χ1v) is 10.3. The van der Waals surface area contributed by atoms with Crippen molar-refractivity contribution in [3.8, 4) is 0 Å². The molecule has 0 spiro atoms. The van der Waals surface area contributed by atoms with Gasteiger partial charge < -0.3 is 20.4 Å². The monoisotopic (exact) mass is 425 g/mol.